The number of nitrogens with zero attached hydrogens (tertiary/aromatic N) is 2. The molecule has 9 aromatic rings. The van der Waals surface area contributed by atoms with E-state index in [1.54, 1.807) is 0 Å². The van der Waals surface area contributed by atoms with Crippen LogP contribution >= 0.6 is 0 Å². The molecule has 0 fully saturated rings. The van der Waals surface area contributed by atoms with Gasteiger partial charge in [-0.3, -0.25) is 0 Å². The van der Waals surface area contributed by atoms with Crippen LogP contribution in [0.4, 0.5) is 0 Å². The summed E-state index contributed by atoms with van der Waals surface area (Å²) in [5.41, 5.74) is 13.2. The highest BCUT2D eigenvalue weighted by Gasteiger charge is 2.37. The SMILES string of the molecule is CC1(C)c2ccccc2-c2c1ccc1c2c2cccc3c4c5c(ccc4n1c23)c1ccccc1n5-c1ccccc1. The summed E-state index contributed by atoms with van der Waals surface area (Å²) < 4.78 is 5.00. The lowest BCUT2D eigenvalue weighted by atomic mass is 9.82. The zero-order valence-electron chi connectivity index (χ0n) is 22.9. The Kier molecular flexibility index (Phi) is 3.79. The molecule has 0 bridgehead atoms. The highest BCUT2D eigenvalue weighted by atomic mass is 15.0. The van der Waals surface area contributed by atoms with Crippen LogP contribution in [-0.4, -0.2) is 8.97 Å². The molecule has 0 aliphatic heterocycles. The molecule has 0 atom stereocenters. The first-order chi connectivity index (χ1) is 20.1. The van der Waals surface area contributed by atoms with Gasteiger partial charge in [0.25, 0.3) is 0 Å². The predicted octanol–water partition coefficient (Wildman–Crippen LogP) is 10.2. The topological polar surface area (TPSA) is 9.34 Å². The molecule has 0 radical (unpaired) electrons. The molecular formula is C39H26N2. The van der Waals surface area contributed by atoms with Crippen molar-refractivity contribution in [1.82, 2.24) is 8.97 Å². The van der Waals surface area contributed by atoms with Gasteiger partial charge in [-0.05, 0) is 52.6 Å². The maximum Gasteiger partial charge on any atom is 0.0641 e. The van der Waals surface area contributed by atoms with Crippen molar-refractivity contribution in [3.63, 3.8) is 0 Å². The number of aromatic nitrogens is 2. The summed E-state index contributed by atoms with van der Waals surface area (Å²) in [5.74, 6) is 0. The van der Waals surface area contributed by atoms with Crippen LogP contribution in [0, 0.1) is 0 Å². The summed E-state index contributed by atoms with van der Waals surface area (Å²) in [6.45, 7) is 4.74. The first-order valence-corrected chi connectivity index (χ1v) is 14.5. The highest BCUT2D eigenvalue weighted by Crippen LogP contribution is 2.54. The van der Waals surface area contributed by atoms with E-state index in [0.29, 0.717) is 0 Å². The third-order valence-electron chi connectivity index (χ3n) is 9.84. The van der Waals surface area contributed by atoms with E-state index in [9.17, 15) is 0 Å². The first kappa shape index (κ1) is 21.7. The van der Waals surface area contributed by atoms with E-state index in [1.807, 2.05) is 0 Å². The minimum atomic E-state index is -0.0169. The van der Waals surface area contributed by atoms with Gasteiger partial charge >= 0.3 is 0 Å². The second-order valence-corrected chi connectivity index (χ2v) is 12.1. The lowest BCUT2D eigenvalue weighted by Crippen LogP contribution is -2.14. The largest absolute Gasteiger partial charge is 0.309 e. The average Bonchev–Trinajstić information content (AvgIpc) is 3.71. The van der Waals surface area contributed by atoms with Crippen LogP contribution < -0.4 is 0 Å². The molecule has 0 saturated heterocycles. The van der Waals surface area contributed by atoms with Gasteiger partial charge in [0.05, 0.1) is 27.6 Å². The Bertz CT molecular complexity index is 2540. The lowest BCUT2D eigenvalue weighted by molar-refractivity contribution is 0.661. The normalized spacial score (nSPS) is 14.3. The summed E-state index contributed by atoms with van der Waals surface area (Å²) >= 11 is 0. The second-order valence-electron chi connectivity index (χ2n) is 12.1. The van der Waals surface area contributed by atoms with Crippen LogP contribution in [0.2, 0.25) is 0 Å². The van der Waals surface area contributed by atoms with E-state index >= 15 is 0 Å². The average molecular weight is 523 g/mol. The molecule has 41 heavy (non-hydrogen) atoms. The molecule has 3 aromatic heterocycles. The molecule has 0 spiro atoms. The van der Waals surface area contributed by atoms with E-state index in [0.717, 1.165) is 0 Å². The fraction of sp³-hybridized carbons (Fsp3) is 0.0769. The summed E-state index contributed by atoms with van der Waals surface area (Å²) in [4.78, 5) is 0. The Morgan fingerprint density at radius 1 is 0.463 bits per heavy atom. The molecule has 0 unspecified atom stereocenters. The Morgan fingerprint density at radius 3 is 2.02 bits per heavy atom. The van der Waals surface area contributed by atoms with Crippen molar-refractivity contribution in [2.45, 2.75) is 19.3 Å². The Balaban J connectivity index is 1.45. The van der Waals surface area contributed by atoms with Gasteiger partial charge in [-0.1, -0.05) is 105 Å². The lowest BCUT2D eigenvalue weighted by Gasteiger charge is -2.21. The van der Waals surface area contributed by atoms with E-state index in [1.165, 1.54) is 87.8 Å². The summed E-state index contributed by atoms with van der Waals surface area (Å²) in [6, 6.07) is 45.0. The third-order valence-corrected chi connectivity index (χ3v) is 9.84. The Labute approximate surface area is 237 Å². The fourth-order valence-electron chi connectivity index (χ4n) is 8.15. The van der Waals surface area contributed by atoms with Crippen molar-refractivity contribution in [2.75, 3.05) is 0 Å². The molecule has 1 aliphatic rings. The molecule has 10 rings (SSSR count). The first-order valence-electron chi connectivity index (χ1n) is 14.5. The van der Waals surface area contributed by atoms with Gasteiger partial charge in [0, 0.05) is 43.4 Å². The van der Waals surface area contributed by atoms with Crippen LogP contribution in [-0.2, 0) is 5.41 Å². The van der Waals surface area contributed by atoms with Gasteiger partial charge in [-0.2, -0.15) is 0 Å². The maximum absolute atomic E-state index is 2.54. The van der Waals surface area contributed by atoms with E-state index in [2.05, 4.69) is 144 Å². The van der Waals surface area contributed by atoms with Crippen LogP contribution in [0.3, 0.4) is 0 Å². The van der Waals surface area contributed by atoms with Gasteiger partial charge in [0.1, 0.15) is 0 Å². The predicted molar refractivity (Wildman–Crippen MR) is 173 cm³/mol. The van der Waals surface area contributed by atoms with Gasteiger partial charge < -0.3 is 8.97 Å². The monoisotopic (exact) mass is 522 g/mol. The quantitative estimate of drug-likeness (QED) is 0.203. The number of fused-ring (bicyclic) bond motifs is 14. The van der Waals surface area contributed by atoms with Gasteiger partial charge in [-0.15, -0.1) is 0 Å². The standard InChI is InChI=1S/C39H26N2/c1-39(2)29-17-8-6-14-26(29)34-30(39)20-22-32-35(34)27-15-10-16-28-36-33(41(32)37(27)28)21-19-25-24-13-7-9-18-31(24)40(38(25)36)23-11-4-3-5-12-23/h3-22H,1-2H3. The molecule has 1 aliphatic carbocycles. The van der Waals surface area contributed by atoms with Crippen molar-refractivity contribution in [2.24, 2.45) is 0 Å². The molecule has 0 N–H and O–H groups in total. The zero-order chi connectivity index (χ0) is 27.0. The van der Waals surface area contributed by atoms with Gasteiger partial charge in [0.15, 0.2) is 0 Å². The third kappa shape index (κ3) is 2.43. The van der Waals surface area contributed by atoms with Crippen molar-refractivity contribution in [3.8, 4) is 16.8 Å². The number of hydrogen-bond donors (Lipinski definition) is 0. The minimum Gasteiger partial charge on any atom is -0.309 e. The van der Waals surface area contributed by atoms with E-state index in [-0.39, 0.29) is 5.41 Å². The summed E-state index contributed by atoms with van der Waals surface area (Å²) in [7, 11) is 0. The van der Waals surface area contributed by atoms with Crippen LogP contribution in [0.15, 0.2) is 121 Å². The van der Waals surface area contributed by atoms with Crippen LogP contribution in [0.1, 0.15) is 25.0 Å². The molecule has 2 heteroatoms. The van der Waals surface area contributed by atoms with Crippen molar-refractivity contribution in [1.29, 1.82) is 0 Å². The number of para-hydroxylation sites is 3. The van der Waals surface area contributed by atoms with Gasteiger partial charge in [0.2, 0.25) is 0 Å². The molecule has 0 saturated carbocycles. The van der Waals surface area contributed by atoms with Crippen molar-refractivity contribution < 1.29 is 0 Å². The molecular weight excluding hydrogens is 496 g/mol. The maximum atomic E-state index is 2.54. The fourth-order valence-corrected chi connectivity index (χ4v) is 8.15. The highest BCUT2D eigenvalue weighted by molar-refractivity contribution is 6.32. The van der Waals surface area contributed by atoms with Crippen LogP contribution in [0.5, 0.6) is 0 Å². The van der Waals surface area contributed by atoms with E-state index in [4.69, 9.17) is 0 Å². The van der Waals surface area contributed by atoms with Gasteiger partial charge in [-0.25, -0.2) is 0 Å². The molecule has 6 aromatic carbocycles. The molecule has 2 nitrogen and oxygen atoms in total. The Hall–Kier alpha value is -5.08. The summed E-state index contributed by atoms with van der Waals surface area (Å²) in [6.07, 6.45) is 0. The number of benzene rings is 6. The molecule has 192 valence electrons. The minimum absolute atomic E-state index is 0.0169. The molecule has 0 amide bonds. The summed E-state index contributed by atoms with van der Waals surface area (Å²) in [5, 5.41) is 7.96. The Morgan fingerprint density at radius 2 is 1.15 bits per heavy atom. The smallest absolute Gasteiger partial charge is 0.0641 e. The van der Waals surface area contributed by atoms with Crippen molar-refractivity contribution >= 4 is 59.9 Å². The number of hydrogen-bond acceptors (Lipinski definition) is 0. The van der Waals surface area contributed by atoms with Crippen LogP contribution in [0.25, 0.3) is 76.7 Å². The number of rotatable bonds is 1. The van der Waals surface area contributed by atoms with Crippen molar-refractivity contribution in [3.05, 3.63) is 132 Å². The zero-order valence-corrected chi connectivity index (χ0v) is 22.9. The van der Waals surface area contributed by atoms with E-state index < -0.39 is 0 Å². The second kappa shape index (κ2) is 7.16. The molecule has 3 heterocycles.